The minimum Gasteiger partial charge on any atom is -0.280 e. The predicted molar refractivity (Wildman–Crippen MR) is 108 cm³/mol. The molecule has 0 unspecified atom stereocenters. The maximum atomic E-state index is 16.1. The van der Waals surface area contributed by atoms with Crippen molar-refractivity contribution in [3.63, 3.8) is 0 Å². The summed E-state index contributed by atoms with van der Waals surface area (Å²) in [6.07, 6.45) is 3.00. The number of nitrogens with zero attached hydrogens (tertiary/aromatic N) is 4. The fourth-order valence-corrected chi connectivity index (χ4v) is 3.65. The summed E-state index contributed by atoms with van der Waals surface area (Å²) in [4.78, 5) is 4.22. The van der Waals surface area contributed by atoms with Gasteiger partial charge < -0.3 is 0 Å². The Labute approximate surface area is 173 Å². The SMILES string of the molecule is C[C@](F)(c1ccc2ncccc2c1)c1nnc2c(F)cc(-c3cc(F)cc(F)c3)cn12. The van der Waals surface area contributed by atoms with Crippen molar-refractivity contribution in [2.24, 2.45) is 0 Å². The number of hydrogen-bond acceptors (Lipinski definition) is 3. The van der Waals surface area contributed by atoms with Crippen molar-refractivity contribution in [2.75, 3.05) is 0 Å². The molecule has 5 aromatic rings. The zero-order valence-corrected chi connectivity index (χ0v) is 16.2. The summed E-state index contributed by atoms with van der Waals surface area (Å²) in [5.41, 5.74) is -1.08. The summed E-state index contributed by atoms with van der Waals surface area (Å²) in [6, 6.07) is 12.4. The lowest BCUT2D eigenvalue weighted by atomic mass is 9.95. The van der Waals surface area contributed by atoms with Crippen molar-refractivity contribution >= 4 is 16.6 Å². The standard InChI is InChI=1S/C23H14F4N4/c1-23(27,16-4-5-20-13(7-16)3-2-6-28-20)22-30-29-21-19(26)10-15(12-31(21)22)14-8-17(24)11-18(25)9-14/h2-12H,1H3/t23-/m0/s1. The summed E-state index contributed by atoms with van der Waals surface area (Å²) < 4.78 is 59.2. The van der Waals surface area contributed by atoms with E-state index in [1.54, 1.807) is 36.5 Å². The maximum Gasteiger partial charge on any atom is 0.197 e. The first kappa shape index (κ1) is 19.2. The molecule has 8 heteroatoms. The highest BCUT2D eigenvalue weighted by Crippen LogP contribution is 2.35. The second-order valence-corrected chi connectivity index (χ2v) is 7.37. The van der Waals surface area contributed by atoms with Gasteiger partial charge in [0.1, 0.15) is 11.6 Å². The highest BCUT2D eigenvalue weighted by atomic mass is 19.1. The normalized spacial score (nSPS) is 13.6. The van der Waals surface area contributed by atoms with E-state index < -0.39 is 23.1 Å². The highest BCUT2D eigenvalue weighted by Gasteiger charge is 2.34. The molecule has 0 fully saturated rings. The molecule has 154 valence electrons. The van der Waals surface area contributed by atoms with Crippen LogP contribution in [0.5, 0.6) is 0 Å². The van der Waals surface area contributed by atoms with E-state index in [1.165, 1.54) is 17.5 Å². The number of benzene rings is 2. The van der Waals surface area contributed by atoms with E-state index in [0.29, 0.717) is 5.52 Å². The average molecular weight is 422 g/mol. The molecule has 0 spiro atoms. The molecule has 0 N–H and O–H groups in total. The van der Waals surface area contributed by atoms with Crippen molar-refractivity contribution in [3.8, 4) is 11.1 Å². The molecule has 0 amide bonds. The molecule has 0 aliphatic carbocycles. The second kappa shape index (κ2) is 6.87. The summed E-state index contributed by atoms with van der Waals surface area (Å²) in [7, 11) is 0. The lowest BCUT2D eigenvalue weighted by Gasteiger charge is -2.20. The van der Waals surface area contributed by atoms with Crippen molar-refractivity contribution in [2.45, 2.75) is 12.6 Å². The lowest BCUT2D eigenvalue weighted by Crippen LogP contribution is -2.21. The van der Waals surface area contributed by atoms with Crippen molar-refractivity contribution in [1.29, 1.82) is 0 Å². The van der Waals surface area contributed by atoms with Gasteiger partial charge in [-0.15, -0.1) is 10.2 Å². The van der Waals surface area contributed by atoms with Crippen molar-refractivity contribution in [3.05, 3.63) is 95.8 Å². The summed E-state index contributed by atoms with van der Waals surface area (Å²) in [6.45, 7) is 1.30. The smallest absolute Gasteiger partial charge is 0.197 e. The van der Waals surface area contributed by atoms with Crippen LogP contribution >= 0.6 is 0 Å². The Morgan fingerprint density at radius 1 is 0.871 bits per heavy atom. The number of hydrogen-bond donors (Lipinski definition) is 0. The Morgan fingerprint density at radius 2 is 1.65 bits per heavy atom. The molecule has 5 rings (SSSR count). The van der Waals surface area contributed by atoms with Crippen LogP contribution < -0.4 is 0 Å². The van der Waals surface area contributed by atoms with Crippen LogP contribution in [0.25, 0.3) is 27.7 Å². The van der Waals surface area contributed by atoms with Gasteiger partial charge >= 0.3 is 0 Å². The first-order valence-corrected chi connectivity index (χ1v) is 9.38. The number of halogens is 4. The van der Waals surface area contributed by atoms with Gasteiger partial charge in [0.25, 0.3) is 0 Å². The van der Waals surface area contributed by atoms with E-state index in [4.69, 9.17) is 0 Å². The van der Waals surface area contributed by atoms with Gasteiger partial charge in [0, 0.05) is 29.4 Å². The molecule has 3 heterocycles. The number of rotatable bonds is 3. The molecule has 0 saturated heterocycles. The van der Waals surface area contributed by atoms with E-state index in [2.05, 4.69) is 15.2 Å². The maximum absolute atomic E-state index is 16.1. The van der Waals surface area contributed by atoms with Crippen LogP contribution in [0.3, 0.4) is 0 Å². The van der Waals surface area contributed by atoms with Gasteiger partial charge in [-0.2, -0.15) is 0 Å². The molecular weight excluding hydrogens is 408 g/mol. The van der Waals surface area contributed by atoms with Gasteiger partial charge in [0.2, 0.25) is 0 Å². The third kappa shape index (κ3) is 3.20. The third-order valence-electron chi connectivity index (χ3n) is 5.22. The van der Waals surface area contributed by atoms with Gasteiger partial charge in [-0.25, -0.2) is 17.6 Å². The van der Waals surface area contributed by atoms with E-state index in [0.717, 1.165) is 29.7 Å². The van der Waals surface area contributed by atoms with Crippen LogP contribution in [-0.4, -0.2) is 19.6 Å². The van der Waals surface area contributed by atoms with Gasteiger partial charge in [-0.3, -0.25) is 9.38 Å². The molecule has 1 atom stereocenters. The molecule has 0 radical (unpaired) electrons. The van der Waals surface area contributed by atoms with E-state index in [-0.39, 0.29) is 28.2 Å². The zero-order valence-electron chi connectivity index (χ0n) is 16.2. The van der Waals surface area contributed by atoms with Crippen molar-refractivity contribution < 1.29 is 17.6 Å². The Bertz CT molecular complexity index is 1440. The van der Waals surface area contributed by atoms with E-state index in [9.17, 15) is 13.2 Å². The fourth-order valence-electron chi connectivity index (χ4n) is 3.65. The Morgan fingerprint density at radius 3 is 2.42 bits per heavy atom. The molecule has 0 bridgehead atoms. The van der Waals surface area contributed by atoms with Gasteiger partial charge in [0.05, 0.1) is 5.52 Å². The molecular formula is C23H14F4N4. The largest absolute Gasteiger partial charge is 0.280 e. The number of alkyl halides is 1. The minimum atomic E-state index is -2.14. The van der Waals surface area contributed by atoms with Crippen LogP contribution in [0.1, 0.15) is 18.3 Å². The van der Waals surface area contributed by atoms with Crippen LogP contribution in [0.4, 0.5) is 17.6 Å². The molecule has 2 aromatic carbocycles. The van der Waals surface area contributed by atoms with Crippen molar-refractivity contribution in [1.82, 2.24) is 19.6 Å². The molecule has 0 aliphatic heterocycles. The topological polar surface area (TPSA) is 43.1 Å². The van der Waals surface area contributed by atoms with Crippen LogP contribution in [0.2, 0.25) is 0 Å². The van der Waals surface area contributed by atoms with Crippen LogP contribution in [0.15, 0.2) is 67.0 Å². The van der Waals surface area contributed by atoms with E-state index >= 15 is 4.39 Å². The second-order valence-electron chi connectivity index (χ2n) is 7.37. The molecule has 31 heavy (non-hydrogen) atoms. The number of fused-ring (bicyclic) bond motifs is 2. The minimum absolute atomic E-state index is 0.107. The Balaban J connectivity index is 1.69. The summed E-state index contributed by atoms with van der Waals surface area (Å²) in [5.74, 6) is -2.57. The quantitative estimate of drug-likeness (QED) is 0.356. The van der Waals surface area contributed by atoms with Crippen LogP contribution in [0, 0.1) is 17.5 Å². The first-order valence-electron chi connectivity index (χ1n) is 9.38. The van der Waals surface area contributed by atoms with E-state index in [1.807, 2.05) is 0 Å². The molecule has 0 aliphatic rings. The van der Waals surface area contributed by atoms with Gasteiger partial charge in [-0.05, 0) is 54.4 Å². The predicted octanol–water partition coefficient (Wildman–Crippen LogP) is 5.59. The monoisotopic (exact) mass is 422 g/mol. The Kier molecular flexibility index (Phi) is 4.25. The molecule has 0 saturated carbocycles. The van der Waals surface area contributed by atoms with Gasteiger partial charge in [0.15, 0.2) is 23.0 Å². The highest BCUT2D eigenvalue weighted by molar-refractivity contribution is 5.79. The van der Waals surface area contributed by atoms with Gasteiger partial charge in [-0.1, -0.05) is 12.1 Å². The summed E-state index contributed by atoms with van der Waals surface area (Å²) >= 11 is 0. The average Bonchev–Trinajstić information content (AvgIpc) is 3.18. The molecule has 3 aromatic heterocycles. The zero-order chi connectivity index (χ0) is 21.8. The number of pyridine rings is 2. The third-order valence-corrected chi connectivity index (χ3v) is 5.22. The number of aromatic nitrogens is 4. The summed E-state index contributed by atoms with van der Waals surface area (Å²) in [5, 5.41) is 8.40. The Hall–Kier alpha value is -3.81. The first-order chi connectivity index (χ1) is 14.8. The van der Waals surface area contributed by atoms with Crippen LogP contribution in [-0.2, 0) is 5.67 Å². The molecule has 4 nitrogen and oxygen atoms in total. The fraction of sp³-hybridized carbons (Fsp3) is 0.0870. The lowest BCUT2D eigenvalue weighted by molar-refractivity contribution is 0.234.